The predicted molar refractivity (Wildman–Crippen MR) is 75.6 cm³/mol. The van der Waals surface area contributed by atoms with Crippen molar-refractivity contribution in [1.82, 2.24) is 4.98 Å². The number of aromatic nitrogens is 1. The molecular weight excluding hydrogens is 240 g/mol. The molecule has 0 bridgehead atoms. The predicted octanol–water partition coefficient (Wildman–Crippen LogP) is 3.33. The highest BCUT2D eigenvalue weighted by Gasteiger charge is 2.36. The third kappa shape index (κ3) is 3.69. The van der Waals surface area contributed by atoms with Gasteiger partial charge in [0.05, 0.1) is 5.56 Å². The van der Waals surface area contributed by atoms with Gasteiger partial charge in [-0.3, -0.25) is 0 Å². The summed E-state index contributed by atoms with van der Waals surface area (Å²) in [4.78, 5) is 15.6. The first-order chi connectivity index (χ1) is 9.13. The van der Waals surface area contributed by atoms with Gasteiger partial charge in [-0.25, -0.2) is 9.78 Å². The molecule has 0 radical (unpaired) electrons. The van der Waals surface area contributed by atoms with Gasteiger partial charge in [0.25, 0.3) is 0 Å². The van der Waals surface area contributed by atoms with Gasteiger partial charge in [0.1, 0.15) is 5.82 Å². The Morgan fingerprint density at radius 2 is 2.21 bits per heavy atom. The molecule has 0 aliphatic heterocycles. The largest absolute Gasteiger partial charge is 0.478 e. The van der Waals surface area contributed by atoms with Crippen LogP contribution in [0.25, 0.3) is 0 Å². The van der Waals surface area contributed by atoms with E-state index in [9.17, 15) is 4.79 Å². The van der Waals surface area contributed by atoms with Crippen LogP contribution in [0, 0.1) is 5.92 Å². The van der Waals surface area contributed by atoms with Crippen LogP contribution < -0.4 is 5.32 Å². The molecule has 2 atom stereocenters. The van der Waals surface area contributed by atoms with Gasteiger partial charge in [-0.1, -0.05) is 26.7 Å². The van der Waals surface area contributed by atoms with Gasteiger partial charge >= 0.3 is 5.97 Å². The minimum atomic E-state index is -0.885. The van der Waals surface area contributed by atoms with E-state index in [4.69, 9.17) is 5.11 Å². The molecule has 2 N–H and O–H groups in total. The molecule has 0 amide bonds. The van der Waals surface area contributed by atoms with Crippen LogP contribution in [0.3, 0.4) is 0 Å². The molecule has 0 aromatic carbocycles. The van der Waals surface area contributed by atoms with Crippen LogP contribution in [-0.4, -0.2) is 22.1 Å². The van der Waals surface area contributed by atoms with Gasteiger partial charge < -0.3 is 10.4 Å². The molecule has 4 nitrogen and oxygen atoms in total. The van der Waals surface area contributed by atoms with Crippen LogP contribution in [0.5, 0.6) is 0 Å². The van der Waals surface area contributed by atoms with Crippen molar-refractivity contribution in [2.45, 2.75) is 52.0 Å². The van der Waals surface area contributed by atoms with Crippen molar-refractivity contribution in [3.63, 3.8) is 0 Å². The first kappa shape index (κ1) is 13.8. The van der Waals surface area contributed by atoms with Crippen molar-refractivity contribution < 1.29 is 9.90 Å². The number of aryl methyl sites for hydroxylation is 1. The summed E-state index contributed by atoms with van der Waals surface area (Å²) in [5.74, 6) is 0.561. The number of aromatic carboxylic acids is 1. The molecule has 1 heterocycles. The van der Waals surface area contributed by atoms with E-state index in [1.54, 1.807) is 12.1 Å². The Morgan fingerprint density at radius 1 is 1.42 bits per heavy atom. The van der Waals surface area contributed by atoms with Crippen LogP contribution >= 0.6 is 0 Å². The normalized spacial score (nSPS) is 21.2. The van der Waals surface area contributed by atoms with Gasteiger partial charge in [-0.05, 0) is 37.3 Å². The summed E-state index contributed by atoms with van der Waals surface area (Å²) in [6, 6.07) is 3.79. The molecular formula is C15H22N2O2. The summed E-state index contributed by atoms with van der Waals surface area (Å²) < 4.78 is 0. The molecule has 1 aromatic heterocycles. The number of hydrogen-bond donors (Lipinski definition) is 2. The molecule has 19 heavy (non-hydrogen) atoms. The summed E-state index contributed by atoms with van der Waals surface area (Å²) in [5, 5.41) is 12.5. The van der Waals surface area contributed by atoms with Crippen molar-refractivity contribution in [2.24, 2.45) is 5.92 Å². The number of rotatable bonds is 7. The number of nitrogens with one attached hydrogen (secondary N) is 1. The quantitative estimate of drug-likeness (QED) is 0.791. The van der Waals surface area contributed by atoms with Crippen molar-refractivity contribution in [3.05, 3.63) is 23.4 Å². The lowest BCUT2D eigenvalue weighted by atomic mass is 10.1. The Balaban J connectivity index is 2.08. The fourth-order valence-electron chi connectivity index (χ4n) is 2.47. The number of hydrogen-bond acceptors (Lipinski definition) is 3. The zero-order valence-electron chi connectivity index (χ0n) is 11.6. The van der Waals surface area contributed by atoms with Crippen LogP contribution in [-0.2, 0) is 6.42 Å². The average molecular weight is 262 g/mol. The molecule has 1 saturated carbocycles. The number of carboxylic acid groups (broad SMARTS) is 1. The average Bonchev–Trinajstić information content (AvgIpc) is 3.07. The van der Waals surface area contributed by atoms with Crippen molar-refractivity contribution in [3.8, 4) is 0 Å². The van der Waals surface area contributed by atoms with Gasteiger partial charge in [0.15, 0.2) is 0 Å². The fraction of sp³-hybridized carbons (Fsp3) is 0.600. The maximum atomic E-state index is 11.1. The van der Waals surface area contributed by atoms with Crippen LogP contribution in [0.2, 0.25) is 0 Å². The smallest absolute Gasteiger partial charge is 0.335 e. The second kappa shape index (κ2) is 6.04. The minimum Gasteiger partial charge on any atom is -0.478 e. The number of anilines is 1. The van der Waals surface area contributed by atoms with Gasteiger partial charge in [-0.15, -0.1) is 0 Å². The molecule has 1 fully saturated rings. The number of nitrogens with zero attached hydrogens (tertiary/aromatic N) is 1. The molecule has 1 aliphatic carbocycles. The third-order valence-corrected chi connectivity index (χ3v) is 3.55. The molecule has 104 valence electrons. The highest BCUT2D eigenvalue weighted by atomic mass is 16.4. The second-order valence-corrected chi connectivity index (χ2v) is 5.32. The van der Waals surface area contributed by atoms with E-state index in [2.05, 4.69) is 24.1 Å². The first-order valence-corrected chi connectivity index (χ1v) is 7.14. The van der Waals surface area contributed by atoms with Crippen molar-refractivity contribution in [1.29, 1.82) is 0 Å². The minimum absolute atomic E-state index is 0.327. The lowest BCUT2D eigenvalue weighted by Crippen LogP contribution is -2.09. The summed E-state index contributed by atoms with van der Waals surface area (Å²) in [6.45, 7) is 4.26. The van der Waals surface area contributed by atoms with E-state index < -0.39 is 5.97 Å². The van der Waals surface area contributed by atoms with E-state index in [1.165, 1.54) is 19.3 Å². The van der Waals surface area contributed by atoms with Crippen molar-refractivity contribution in [2.75, 3.05) is 5.32 Å². The Kier molecular flexibility index (Phi) is 4.40. The molecule has 1 aliphatic rings. The lowest BCUT2D eigenvalue weighted by molar-refractivity contribution is 0.0696. The summed E-state index contributed by atoms with van der Waals surface area (Å²) in [7, 11) is 0. The number of carbonyl (C=O) groups is 1. The fourth-order valence-corrected chi connectivity index (χ4v) is 2.47. The molecule has 2 rings (SSSR count). The zero-order chi connectivity index (χ0) is 13.8. The van der Waals surface area contributed by atoms with Crippen LogP contribution in [0.15, 0.2) is 12.1 Å². The molecule has 0 spiro atoms. The number of pyridine rings is 1. The van der Waals surface area contributed by atoms with E-state index in [0.717, 1.165) is 24.5 Å². The van der Waals surface area contributed by atoms with Crippen LogP contribution in [0.1, 0.15) is 55.6 Å². The Morgan fingerprint density at radius 3 is 2.84 bits per heavy atom. The van der Waals surface area contributed by atoms with E-state index in [-0.39, 0.29) is 0 Å². The van der Waals surface area contributed by atoms with Crippen LogP contribution in [0.4, 0.5) is 5.82 Å². The summed E-state index contributed by atoms with van der Waals surface area (Å²) >= 11 is 0. The maximum Gasteiger partial charge on any atom is 0.335 e. The highest BCUT2D eigenvalue weighted by molar-refractivity contribution is 5.88. The maximum absolute atomic E-state index is 11.1. The molecule has 1 aromatic rings. The third-order valence-electron chi connectivity index (χ3n) is 3.55. The van der Waals surface area contributed by atoms with E-state index in [0.29, 0.717) is 17.4 Å². The van der Waals surface area contributed by atoms with Gasteiger partial charge in [0.2, 0.25) is 0 Å². The Hall–Kier alpha value is -1.58. The van der Waals surface area contributed by atoms with Gasteiger partial charge in [0, 0.05) is 11.7 Å². The van der Waals surface area contributed by atoms with E-state index in [1.807, 2.05) is 0 Å². The summed E-state index contributed by atoms with van der Waals surface area (Å²) in [6.07, 6.45) is 5.40. The lowest BCUT2D eigenvalue weighted by Gasteiger charge is -2.08. The molecule has 4 heteroatoms. The standard InChI is InChI=1S/C15H22N2O2/c1-3-5-10-8-13(10)17-14-9-11(15(18)19)7-12(16-14)6-4-2/h7,9-10,13H,3-6,8H2,1-2H3,(H,16,17)(H,18,19). The van der Waals surface area contributed by atoms with E-state index >= 15 is 0 Å². The molecule has 0 saturated heterocycles. The molecule has 2 unspecified atom stereocenters. The second-order valence-electron chi connectivity index (χ2n) is 5.32. The SMILES string of the molecule is CCCc1cc(C(=O)O)cc(NC2CC2CCC)n1. The van der Waals surface area contributed by atoms with Gasteiger partial charge in [-0.2, -0.15) is 0 Å². The topological polar surface area (TPSA) is 62.2 Å². The number of carboxylic acids is 1. The Labute approximate surface area is 114 Å². The highest BCUT2D eigenvalue weighted by Crippen LogP contribution is 2.37. The van der Waals surface area contributed by atoms with Crippen molar-refractivity contribution >= 4 is 11.8 Å². The Bertz CT molecular complexity index is 459. The first-order valence-electron chi connectivity index (χ1n) is 7.14. The monoisotopic (exact) mass is 262 g/mol. The zero-order valence-corrected chi connectivity index (χ0v) is 11.6. The summed E-state index contributed by atoms with van der Waals surface area (Å²) in [5.41, 5.74) is 1.19.